The fourth-order valence-electron chi connectivity index (χ4n) is 3.22. The third-order valence-electron chi connectivity index (χ3n) is 4.23. The number of nitrogens with two attached hydrogens (primary N) is 1. The topological polar surface area (TPSA) is 29.3 Å². The smallest absolute Gasteiger partial charge is 0.0237 e. The third kappa shape index (κ3) is 4.63. The van der Waals surface area contributed by atoms with E-state index in [4.69, 9.17) is 5.73 Å². The lowest BCUT2D eigenvalue weighted by molar-refractivity contribution is 0.175. The van der Waals surface area contributed by atoms with Gasteiger partial charge in [-0.15, -0.1) is 0 Å². The van der Waals surface area contributed by atoms with Crippen molar-refractivity contribution in [1.82, 2.24) is 4.90 Å². The van der Waals surface area contributed by atoms with Gasteiger partial charge in [0.2, 0.25) is 0 Å². The Morgan fingerprint density at radius 2 is 1.89 bits per heavy atom. The van der Waals surface area contributed by atoms with E-state index in [-0.39, 0.29) is 0 Å². The minimum atomic E-state index is 0.742. The Balaban J connectivity index is 2.02. The predicted octanol–water partition coefficient (Wildman–Crippen LogP) is 3.48. The molecular weight excluding hydrogens is 232 g/mol. The van der Waals surface area contributed by atoms with Crippen molar-refractivity contribution >= 4 is 0 Å². The summed E-state index contributed by atoms with van der Waals surface area (Å²) in [5, 5.41) is 0. The molecule has 2 nitrogen and oxygen atoms in total. The van der Waals surface area contributed by atoms with Crippen LogP contribution in [0.1, 0.15) is 49.7 Å². The molecule has 1 aliphatic carbocycles. The van der Waals surface area contributed by atoms with Gasteiger partial charge in [-0.3, -0.25) is 4.90 Å². The summed E-state index contributed by atoms with van der Waals surface area (Å²) >= 11 is 0. The summed E-state index contributed by atoms with van der Waals surface area (Å²) in [6.45, 7) is 5.02. The van der Waals surface area contributed by atoms with E-state index in [0.29, 0.717) is 0 Å². The first-order chi connectivity index (χ1) is 9.29. The Bertz CT molecular complexity index is 367. The summed E-state index contributed by atoms with van der Waals surface area (Å²) in [4.78, 5) is 2.61. The molecule has 2 heteroatoms. The zero-order valence-electron chi connectivity index (χ0n) is 12.3. The van der Waals surface area contributed by atoms with Crippen molar-refractivity contribution in [3.05, 3.63) is 35.4 Å². The van der Waals surface area contributed by atoms with E-state index in [1.807, 2.05) is 0 Å². The fourth-order valence-corrected chi connectivity index (χ4v) is 3.22. The summed E-state index contributed by atoms with van der Waals surface area (Å²) < 4.78 is 0. The van der Waals surface area contributed by atoms with Gasteiger partial charge in [0.15, 0.2) is 0 Å². The Labute approximate surface area is 118 Å². The van der Waals surface area contributed by atoms with Crippen LogP contribution in [0.3, 0.4) is 0 Å². The molecule has 0 aromatic heterocycles. The molecule has 0 saturated heterocycles. The van der Waals surface area contributed by atoms with E-state index < -0.39 is 0 Å². The summed E-state index contributed by atoms with van der Waals surface area (Å²) in [6.07, 6.45) is 8.31. The van der Waals surface area contributed by atoms with Crippen LogP contribution in [0.15, 0.2) is 24.3 Å². The molecule has 0 unspecified atom stereocenters. The Kier molecular flexibility index (Phi) is 5.87. The second-order valence-corrected chi connectivity index (χ2v) is 5.89. The van der Waals surface area contributed by atoms with Gasteiger partial charge in [-0.1, -0.05) is 55.5 Å². The number of benzene rings is 1. The summed E-state index contributed by atoms with van der Waals surface area (Å²) in [7, 11) is 0. The van der Waals surface area contributed by atoms with Crippen molar-refractivity contribution in [2.24, 2.45) is 5.73 Å². The van der Waals surface area contributed by atoms with Gasteiger partial charge in [-0.05, 0) is 25.3 Å². The molecule has 0 amide bonds. The van der Waals surface area contributed by atoms with Crippen molar-refractivity contribution in [2.45, 2.75) is 58.0 Å². The zero-order valence-corrected chi connectivity index (χ0v) is 12.3. The molecule has 1 fully saturated rings. The first kappa shape index (κ1) is 14.5. The molecule has 0 radical (unpaired) electrons. The summed E-state index contributed by atoms with van der Waals surface area (Å²) in [5.74, 6) is 0. The maximum Gasteiger partial charge on any atom is 0.0237 e. The van der Waals surface area contributed by atoms with Crippen molar-refractivity contribution in [3.63, 3.8) is 0 Å². The van der Waals surface area contributed by atoms with Gasteiger partial charge in [0, 0.05) is 25.7 Å². The molecule has 0 bridgehead atoms. The van der Waals surface area contributed by atoms with Crippen LogP contribution in [-0.2, 0) is 6.54 Å². The number of nitrogens with zero attached hydrogens (tertiary/aromatic N) is 1. The summed E-state index contributed by atoms with van der Waals surface area (Å²) in [5.41, 5.74) is 8.60. The molecule has 106 valence electrons. The zero-order chi connectivity index (χ0) is 13.5. The van der Waals surface area contributed by atoms with E-state index >= 15 is 0 Å². The van der Waals surface area contributed by atoms with E-state index in [1.54, 1.807) is 0 Å². The molecule has 0 atom stereocenters. The highest BCUT2D eigenvalue weighted by atomic mass is 15.2. The number of hydrogen-bond acceptors (Lipinski definition) is 2. The van der Waals surface area contributed by atoms with Gasteiger partial charge >= 0.3 is 0 Å². The third-order valence-corrected chi connectivity index (χ3v) is 4.23. The molecule has 0 heterocycles. The van der Waals surface area contributed by atoms with Crippen molar-refractivity contribution in [1.29, 1.82) is 0 Å². The van der Waals surface area contributed by atoms with E-state index in [9.17, 15) is 0 Å². The Hall–Kier alpha value is -0.860. The van der Waals surface area contributed by atoms with Crippen LogP contribution in [-0.4, -0.2) is 24.0 Å². The molecule has 19 heavy (non-hydrogen) atoms. The molecule has 1 aliphatic rings. The van der Waals surface area contributed by atoms with Crippen molar-refractivity contribution in [3.8, 4) is 0 Å². The molecule has 2 rings (SSSR count). The van der Waals surface area contributed by atoms with Gasteiger partial charge in [-0.2, -0.15) is 0 Å². The van der Waals surface area contributed by atoms with Crippen LogP contribution >= 0.6 is 0 Å². The van der Waals surface area contributed by atoms with E-state index in [0.717, 1.165) is 25.7 Å². The van der Waals surface area contributed by atoms with Crippen LogP contribution in [0.25, 0.3) is 0 Å². The second-order valence-electron chi connectivity index (χ2n) is 5.89. The average Bonchev–Trinajstić information content (AvgIpc) is 2.67. The first-order valence-corrected chi connectivity index (χ1v) is 7.79. The first-order valence-electron chi connectivity index (χ1n) is 7.79. The number of rotatable bonds is 5. The highest BCUT2D eigenvalue weighted by Crippen LogP contribution is 2.23. The SMILES string of the molecule is Cc1cccc(CN(CCN)C2CCCCCC2)c1. The lowest BCUT2D eigenvalue weighted by atomic mass is 10.0. The normalized spacial score (nSPS) is 17.6. The highest BCUT2D eigenvalue weighted by molar-refractivity contribution is 5.22. The van der Waals surface area contributed by atoms with Gasteiger partial charge in [-0.25, -0.2) is 0 Å². The largest absolute Gasteiger partial charge is 0.329 e. The van der Waals surface area contributed by atoms with Crippen molar-refractivity contribution < 1.29 is 0 Å². The van der Waals surface area contributed by atoms with Crippen molar-refractivity contribution in [2.75, 3.05) is 13.1 Å². The molecule has 1 aromatic carbocycles. The molecular formula is C17H28N2. The standard InChI is InChI=1S/C17H28N2/c1-15-7-6-8-16(13-15)14-19(12-11-18)17-9-4-2-3-5-10-17/h6-8,13,17H,2-5,9-12,14,18H2,1H3. The molecule has 2 N–H and O–H groups in total. The van der Waals surface area contributed by atoms with Gasteiger partial charge < -0.3 is 5.73 Å². The lowest BCUT2D eigenvalue weighted by Crippen LogP contribution is -2.38. The number of aryl methyl sites for hydroxylation is 1. The molecule has 1 aromatic rings. The van der Waals surface area contributed by atoms with Gasteiger partial charge in [0.05, 0.1) is 0 Å². The predicted molar refractivity (Wildman–Crippen MR) is 82.1 cm³/mol. The van der Waals surface area contributed by atoms with Gasteiger partial charge in [0.1, 0.15) is 0 Å². The Morgan fingerprint density at radius 1 is 1.16 bits per heavy atom. The van der Waals surface area contributed by atoms with Crippen LogP contribution in [0.4, 0.5) is 0 Å². The molecule has 1 saturated carbocycles. The van der Waals surface area contributed by atoms with Crippen LogP contribution in [0, 0.1) is 6.92 Å². The maximum absolute atomic E-state index is 5.82. The quantitative estimate of drug-likeness (QED) is 0.821. The molecule has 0 spiro atoms. The summed E-state index contributed by atoms with van der Waals surface area (Å²) in [6, 6.07) is 9.63. The molecule has 0 aliphatic heterocycles. The minimum absolute atomic E-state index is 0.742. The van der Waals surface area contributed by atoms with Crippen LogP contribution < -0.4 is 5.73 Å². The van der Waals surface area contributed by atoms with E-state index in [1.165, 1.54) is 49.7 Å². The van der Waals surface area contributed by atoms with Gasteiger partial charge in [0.25, 0.3) is 0 Å². The highest BCUT2D eigenvalue weighted by Gasteiger charge is 2.19. The monoisotopic (exact) mass is 260 g/mol. The second kappa shape index (κ2) is 7.66. The number of hydrogen-bond donors (Lipinski definition) is 1. The minimum Gasteiger partial charge on any atom is -0.329 e. The van der Waals surface area contributed by atoms with Crippen LogP contribution in [0.5, 0.6) is 0 Å². The fraction of sp³-hybridized carbons (Fsp3) is 0.647. The lowest BCUT2D eigenvalue weighted by Gasteiger charge is -2.31. The Morgan fingerprint density at radius 3 is 2.53 bits per heavy atom. The average molecular weight is 260 g/mol. The van der Waals surface area contributed by atoms with E-state index in [2.05, 4.69) is 36.1 Å². The van der Waals surface area contributed by atoms with Crippen LogP contribution in [0.2, 0.25) is 0 Å². The maximum atomic E-state index is 5.82.